The smallest absolute Gasteiger partial charge is 0.475 e. The van der Waals surface area contributed by atoms with E-state index in [9.17, 15) is 31.1 Å². The standard InChI is InChI=1S/C24H27N5O.2C2HF3O2/c30-24(26-13-18-7-2-1-3-8-18)21-14-27-29-22(21)17-28(15-19-9-4-5-10-19)16-20-11-6-12-25-23(20)29;2*3-2(4,5)1(6)7/h1-3,6-8,11-12,14,19H,4-5,9-10,13,15-17H2,(H,26,30);2*(H,6,7). The summed E-state index contributed by atoms with van der Waals surface area (Å²) >= 11 is 0. The number of carbonyl (C=O) groups excluding carboxylic acids is 1. The fourth-order valence-corrected chi connectivity index (χ4v) is 4.71. The molecule has 0 unspecified atom stereocenters. The van der Waals surface area contributed by atoms with Crippen molar-refractivity contribution in [2.45, 2.75) is 57.7 Å². The van der Waals surface area contributed by atoms with E-state index in [0.717, 1.165) is 41.6 Å². The molecule has 3 N–H and O–H groups in total. The van der Waals surface area contributed by atoms with Crippen molar-refractivity contribution in [3.8, 4) is 5.82 Å². The number of pyridine rings is 1. The van der Waals surface area contributed by atoms with Crippen molar-refractivity contribution in [2.75, 3.05) is 6.54 Å². The number of carboxylic acid groups (broad SMARTS) is 2. The predicted molar refractivity (Wildman–Crippen MR) is 142 cm³/mol. The largest absolute Gasteiger partial charge is 0.490 e. The first-order valence-corrected chi connectivity index (χ1v) is 13.3. The number of nitrogens with one attached hydrogen (secondary N) is 1. The van der Waals surface area contributed by atoms with Crippen LogP contribution in [0.1, 0.15) is 52.9 Å². The van der Waals surface area contributed by atoms with Gasteiger partial charge in [-0.05, 0) is 30.4 Å². The highest BCUT2D eigenvalue weighted by molar-refractivity contribution is 5.95. The van der Waals surface area contributed by atoms with Crippen LogP contribution in [-0.2, 0) is 29.2 Å². The van der Waals surface area contributed by atoms with Gasteiger partial charge in [0, 0.05) is 37.9 Å². The topological polar surface area (TPSA) is 138 Å². The van der Waals surface area contributed by atoms with Gasteiger partial charge >= 0.3 is 24.3 Å². The lowest BCUT2D eigenvalue weighted by molar-refractivity contribution is -0.193. The average Bonchev–Trinajstić information content (AvgIpc) is 3.59. The second-order valence-electron chi connectivity index (χ2n) is 10.00. The molecule has 3 heterocycles. The summed E-state index contributed by atoms with van der Waals surface area (Å²) in [6.45, 7) is 3.12. The number of halogens is 6. The Morgan fingerprint density at radius 1 is 0.886 bits per heavy atom. The van der Waals surface area contributed by atoms with Gasteiger partial charge in [-0.25, -0.2) is 19.3 Å². The molecule has 2 aliphatic rings. The molecule has 1 fully saturated rings. The molecule has 10 nitrogen and oxygen atoms in total. The summed E-state index contributed by atoms with van der Waals surface area (Å²) in [6.07, 6.45) is -1.40. The van der Waals surface area contributed by atoms with E-state index in [0.29, 0.717) is 18.7 Å². The van der Waals surface area contributed by atoms with Gasteiger partial charge in [0.15, 0.2) is 5.82 Å². The Labute approximate surface area is 247 Å². The summed E-state index contributed by atoms with van der Waals surface area (Å²) in [4.78, 5) is 37.9. The van der Waals surface area contributed by atoms with E-state index in [1.165, 1.54) is 25.7 Å². The van der Waals surface area contributed by atoms with Crippen LogP contribution in [0, 0.1) is 5.92 Å². The maximum atomic E-state index is 13.0. The van der Waals surface area contributed by atoms with Crippen molar-refractivity contribution < 1.29 is 50.9 Å². The SMILES string of the molecule is O=C(NCc1ccccc1)c1cnn2c1CN(CC1CCCC1)Cc1cccnc1-2.O=C(O)C(F)(F)F.O=C(O)C(F)(F)F. The Morgan fingerprint density at radius 2 is 1.48 bits per heavy atom. The second kappa shape index (κ2) is 14.8. The highest BCUT2D eigenvalue weighted by Gasteiger charge is 2.39. The molecule has 1 aromatic carbocycles. The molecule has 16 heteroatoms. The van der Waals surface area contributed by atoms with Gasteiger partial charge in [0.2, 0.25) is 0 Å². The lowest BCUT2D eigenvalue weighted by Gasteiger charge is -2.24. The molecule has 0 atom stereocenters. The third kappa shape index (κ3) is 9.79. The number of carboxylic acids is 2. The predicted octanol–water partition coefficient (Wildman–Crippen LogP) is 4.97. The Balaban J connectivity index is 0.000000317. The van der Waals surface area contributed by atoms with Crippen LogP contribution >= 0.6 is 0 Å². The second-order valence-corrected chi connectivity index (χ2v) is 10.00. The molecule has 2 aromatic heterocycles. The number of hydrogen-bond acceptors (Lipinski definition) is 6. The molecule has 1 amide bonds. The molecule has 5 rings (SSSR count). The summed E-state index contributed by atoms with van der Waals surface area (Å²) < 4.78 is 65.3. The number of fused-ring (bicyclic) bond motifs is 3. The third-order valence-electron chi connectivity index (χ3n) is 6.72. The summed E-state index contributed by atoms with van der Waals surface area (Å²) in [7, 11) is 0. The van der Waals surface area contributed by atoms with E-state index in [2.05, 4.69) is 26.4 Å². The number of alkyl halides is 6. The number of hydrogen-bond donors (Lipinski definition) is 3. The number of amides is 1. The molecule has 0 bridgehead atoms. The lowest BCUT2D eigenvalue weighted by Crippen LogP contribution is -2.29. The average molecular weight is 630 g/mol. The normalized spacial score (nSPS) is 15.0. The summed E-state index contributed by atoms with van der Waals surface area (Å²) in [6, 6.07) is 14.1. The van der Waals surface area contributed by atoms with Crippen LogP contribution in [0.2, 0.25) is 0 Å². The minimum atomic E-state index is -5.08. The summed E-state index contributed by atoms with van der Waals surface area (Å²) in [5.41, 5.74) is 3.81. The number of benzene rings is 1. The van der Waals surface area contributed by atoms with E-state index >= 15 is 0 Å². The molecule has 0 radical (unpaired) electrons. The maximum Gasteiger partial charge on any atom is 0.490 e. The maximum absolute atomic E-state index is 13.0. The first kappa shape index (κ1) is 34.0. The molecule has 0 saturated heterocycles. The fraction of sp³-hybridized carbons (Fsp3) is 0.393. The molecular formula is C28H29F6N5O5. The van der Waals surface area contributed by atoms with Crippen LogP contribution in [0.4, 0.5) is 26.3 Å². The Bertz CT molecular complexity index is 1400. The van der Waals surface area contributed by atoms with Gasteiger partial charge in [-0.2, -0.15) is 31.4 Å². The van der Waals surface area contributed by atoms with Crippen LogP contribution < -0.4 is 5.32 Å². The first-order chi connectivity index (χ1) is 20.7. The summed E-state index contributed by atoms with van der Waals surface area (Å²) in [5.74, 6) is -4.02. The van der Waals surface area contributed by atoms with Crippen LogP contribution in [0.5, 0.6) is 0 Å². The molecule has 0 spiro atoms. The third-order valence-corrected chi connectivity index (χ3v) is 6.72. The highest BCUT2D eigenvalue weighted by Crippen LogP contribution is 2.30. The number of aromatic nitrogens is 3. The van der Waals surface area contributed by atoms with Crippen LogP contribution in [0.15, 0.2) is 54.9 Å². The molecule has 238 valence electrons. The zero-order valence-electron chi connectivity index (χ0n) is 23.1. The Hall–Kier alpha value is -4.47. The van der Waals surface area contributed by atoms with Crippen LogP contribution in [0.3, 0.4) is 0 Å². The molecule has 1 saturated carbocycles. The molecule has 44 heavy (non-hydrogen) atoms. The van der Waals surface area contributed by atoms with Crippen molar-refractivity contribution in [3.05, 3.63) is 77.2 Å². The molecule has 1 aliphatic heterocycles. The minimum Gasteiger partial charge on any atom is -0.475 e. The van der Waals surface area contributed by atoms with Gasteiger partial charge in [0.1, 0.15) is 0 Å². The van der Waals surface area contributed by atoms with Crippen molar-refractivity contribution in [1.29, 1.82) is 0 Å². The van der Waals surface area contributed by atoms with E-state index < -0.39 is 24.3 Å². The zero-order valence-corrected chi connectivity index (χ0v) is 23.1. The lowest BCUT2D eigenvalue weighted by atomic mass is 10.1. The monoisotopic (exact) mass is 629 g/mol. The van der Waals surface area contributed by atoms with Gasteiger partial charge in [0.25, 0.3) is 5.91 Å². The number of rotatable bonds is 5. The number of aliphatic carboxylic acids is 2. The van der Waals surface area contributed by atoms with Gasteiger partial charge in [0.05, 0.1) is 17.5 Å². The number of carbonyl (C=O) groups is 3. The highest BCUT2D eigenvalue weighted by atomic mass is 19.4. The van der Waals surface area contributed by atoms with E-state index in [-0.39, 0.29) is 5.91 Å². The minimum absolute atomic E-state index is 0.0831. The molecule has 1 aliphatic carbocycles. The van der Waals surface area contributed by atoms with Crippen molar-refractivity contribution in [1.82, 2.24) is 25.0 Å². The van der Waals surface area contributed by atoms with Crippen molar-refractivity contribution >= 4 is 17.8 Å². The van der Waals surface area contributed by atoms with E-state index in [4.69, 9.17) is 19.8 Å². The van der Waals surface area contributed by atoms with E-state index in [1.807, 2.05) is 41.1 Å². The van der Waals surface area contributed by atoms with Gasteiger partial charge in [-0.1, -0.05) is 49.2 Å². The molecular weight excluding hydrogens is 600 g/mol. The van der Waals surface area contributed by atoms with Gasteiger partial charge < -0.3 is 15.5 Å². The molecule has 3 aromatic rings. The first-order valence-electron chi connectivity index (χ1n) is 13.3. The Morgan fingerprint density at radius 3 is 2.05 bits per heavy atom. The number of nitrogens with zero attached hydrogens (tertiary/aromatic N) is 4. The van der Waals surface area contributed by atoms with Crippen molar-refractivity contribution in [3.63, 3.8) is 0 Å². The zero-order chi connectivity index (χ0) is 32.5. The van der Waals surface area contributed by atoms with Crippen molar-refractivity contribution in [2.24, 2.45) is 5.92 Å². The summed E-state index contributed by atoms with van der Waals surface area (Å²) in [5, 5.41) is 21.9. The van der Waals surface area contributed by atoms with Crippen LogP contribution in [0.25, 0.3) is 5.82 Å². The van der Waals surface area contributed by atoms with Crippen LogP contribution in [-0.4, -0.2) is 66.6 Å². The van der Waals surface area contributed by atoms with Gasteiger partial charge in [-0.3, -0.25) is 9.69 Å². The van der Waals surface area contributed by atoms with Gasteiger partial charge in [-0.15, -0.1) is 0 Å². The Kier molecular flexibility index (Phi) is 11.5. The fourth-order valence-electron chi connectivity index (χ4n) is 4.71. The quantitative estimate of drug-likeness (QED) is 0.337. The van der Waals surface area contributed by atoms with E-state index in [1.54, 1.807) is 12.4 Å².